The Hall–Kier alpha value is -1.12. The molecular formula is C27H42O3. The van der Waals surface area contributed by atoms with Gasteiger partial charge in [-0.1, -0.05) is 52.0 Å². The lowest BCUT2D eigenvalue weighted by molar-refractivity contribution is -0.202. The molecule has 3 heteroatoms. The SMILES string of the molecule is CCCCCCC(=O)O[C@]1(C)C[C@]2(C)CCC[C@H]2[C@H]2[C@H]1[C@H]1CCC(=O)C=C1C[C@H]2C. The Morgan fingerprint density at radius 3 is 2.77 bits per heavy atom. The molecule has 0 aromatic heterocycles. The van der Waals surface area contributed by atoms with E-state index in [1.165, 1.54) is 37.7 Å². The van der Waals surface area contributed by atoms with E-state index in [0.29, 0.717) is 47.7 Å². The average molecular weight is 415 g/mol. The van der Waals surface area contributed by atoms with Gasteiger partial charge in [-0.15, -0.1) is 0 Å². The maximum atomic E-state index is 13.0. The molecule has 0 saturated heterocycles. The highest BCUT2D eigenvalue weighted by Gasteiger charge is 2.63. The lowest BCUT2D eigenvalue weighted by Gasteiger charge is -2.61. The zero-order valence-electron chi connectivity index (χ0n) is 19.7. The van der Waals surface area contributed by atoms with E-state index in [1.54, 1.807) is 0 Å². The first kappa shape index (κ1) is 22.1. The lowest BCUT2D eigenvalue weighted by Crippen LogP contribution is -2.60. The first-order chi connectivity index (χ1) is 14.3. The largest absolute Gasteiger partial charge is 0.459 e. The summed E-state index contributed by atoms with van der Waals surface area (Å²) in [6.45, 7) is 9.31. The summed E-state index contributed by atoms with van der Waals surface area (Å²) in [6, 6.07) is 0. The Morgan fingerprint density at radius 2 is 2.00 bits per heavy atom. The molecule has 4 rings (SSSR count). The zero-order chi connectivity index (χ0) is 21.5. The number of carbonyl (C=O) groups is 2. The molecular weight excluding hydrogens is 372 g/mol. The highest BCUT2D eigenvalue weighted by atomic mass is 16.6. The summed E-state index contributed by atoms with van der Waals surface area (Å²) in [7, 11) is 0. The summed E-state index contributed by atoms with van der Waals surface area (Å²) in [4.78, 5) is 25.1. The Bertz CT molecular complexity index is 709. The van der Waals surface area contributed by atoms with Crippen LogP contribution in [0.2, 0.25) is 0 Å². The van der Waals surface area contributed by atoms with Crippen LogP contribution in [-0.2, 0) is 14.3 Å². The average Bonchev–Trinajstić information content (AvgIpc) is 3.05. The Balaban J connectivity index is 1.63. The third-order valence-corrected chi connectivity index (χ3v) is 9.25. The van der Waals surface area contributed by atoms with Crippen LogP contribution in [0.25, 0.3) is 0 Å². The number of hydrogen-bond donors (Lipinski definition) is 0. The standard InChI is InChI=1S/C27H42O3/c1-5-6-7-8-11-23(29)30-27(4)17-26(3)14-9-10-22(26)24-18(2)15-19-16-20(28)12-13-21(19)25(24)27/h16,18,21-22,24-25H,5-15,17H2,1-4H3/t18-,21+,22+,24+,25-,26+,27-/m1/s1. The smallest absolute Gasteiger partial charge is 0.306 e. The molecule has 0 heterocycles. The van der Waals surface area contributed by atoms with Gasteiger partial charge in [-0.3, -0.25) is 9.59 Å². The van der Waals surface area contributed by atoms with Gasteiger partial charge in [-0.2, -0.15) is 0 Å². The first-order valence-electron chi connectivity index (χ1n) is 12.7. The molecule has 0 spiro atoms. The van der Waals surface area contributed by atoms with Crippen molar-refractivity contribution in [3.8, 4) is 0 Å². The number of carbonyl (C=O) groups excluding carboxylic acids is 2. The predicted octanol–water partition coefficient (Wildman–Crippen LogP) is 6.65. The molecule has 3 nitrogen and oxygen atoms in total. The van der Waals surface area contributed by atoms with Gasteiger partial charge in [0, 0.05) is 18.8 Å². The minimum absolute atomic E-state index is 0.00282. The van der Waals surface area contributed by atoms with Gasteiger partial charge in [-0.25, -0.2) is 0 Å². The number of esters is 1. The van der Waals surface area contributed by atoms with E-state index in [9.17, 15) is 9.59 Å². The Labute approximate surface area is 183 Å². The van der Waals surface area contributed by atoms with Crippen LogP contribution in [0.15, 0.2) is 11.6 Å². The van der Waals surface area contributed by atoms with E-state index in [0.717, 1.165) is 38.0 Å². The first-order valence-corrected chi connectivity index (χ1v) is 12.7. The highest BCUT2D eigenvalue weighted by Crippen LogP contribution is 2.66. The predicted molar refractivity (Wildman–Crippen MR) is 120 cm³/mol. The quantitative estimate of drug-likeness (QED) is 0.361. The second-order valence-corrected chi connectivity index (χ2v) is 11.5. The van der Waals surface area contributed by atoms with Crippen LogP contribution >= 0.6 is 0 Å². The summed E-state index contributed by atoms with van der Waals surface area (Å²) in [5.41, 5.74) is 1.24. The monoisotopic (exact) mass is 414 g/mol. The number of ketones is 1. The summed E-state index contributed by atoms with van der Waals surface area (Å²) in [5, 5.41) is 0. The number of fused-ring (bicyclic) bond motifs is 5. The molecule has 4 aliphatic carbocycles. The van der Waals surface area contributed by atoms with E-state index in [2.05, 4.69) is 27.7 Å². The van der Waals surface area contributed by atoms with Crippen LogP contribution in [0.5, 0.6) is 0 Å². The van der Waals surface area contributed by atoms with Crippen LogP contribution in [0.3, 0.4) is 0 Å². The van der Waals surface area contributed by atoms with Crippen LogP contribution in [0.4, 0.5) is 0 Å². The van der Waals surface area contributed by atoms with Gasteiger partial charge < -0.3 is 4.74 Å². The third kappa shape index (κ3) is 3.91. The zero-order valence-corrected chi connectivity index (χ0v) is 19.7. The summed E-state index contributed by atoms with van der Waals surface area (Å²) >= 11 is 0. The van der Waals surface area contributed by atoms with Gasteiger partial charge in [0.05, 0.1) is 0 Å². The molecule has 30 heavy (non-hydrogen) atoms. The van der Waals surface area contributed by atoms with Gasteiger partial charge in [0.1, 0.15) is 5.60 Å². The molecule has 0 bridgehead atoms. The minimum atomic E-state index is -0.402. The highest BCUT2D eigenvalue weighted by molar-refractivity contribution is 5.91. The van der Waals surface area contributed by atoms with E-state index in [-0.39, 0.29) is 5.97 Å². The van der Waals surface area contributed by atoms with Crippen molar-refractivity contribution in [3.63, 3.8) is 0 Å². The molecule has 0 aliphatic heterocycles. The molecule has 168 valence electrons. The third-order valence-electron chi connectivity index (χ3n) is 9.25. The number of rotatable bonds is 6. The van der Waals surface area contributed by atoms with Crippen molar-refractivity contribution in [2.45, 2.75) is 110 Å². The topological polar surface area (TPSA) is 43.4 Å². The van der Waals surface area contributed by atoms with Crippen molar-refractivity contribution in [1.82, 2.24) is 0 Å². The second-order valence-electron chi connectivity index (χ2n) is 11.5. The fraction of sp³-hybridized carbons (Fsp3) is 0.852. The van der Waals surface area contributed by atoms with E-state index in [1.807, 2.05) is 6.08 Å². The van der Waals surface area contributed by atoms with E-state index < -0.39 is 5.60 Å². The van der Waals surface area contributed by atoms with Crippen molar-refractivity contribution in [2.24, 2.45) is 35.0 Å². The van der Waals surface area contributed by atoms with Crippen molar-refractivity contribution in [2.75, 3.05) is 0 Å². The Morgan fingerprint density at radius 1 is 1.20 bits per heavy atom. The van der Waals surface area contributed by atoms with Crippen LogP contribution in [-0.4, -0.2) is 17.4 Å². The normalized spacial score (nSPS) is 42.7. The molecule has 0 N–H and O–H groups in total. The molecule has 0 amide bonds. The molecule has 4 aliphatic rings. The van der Waals surface area contributed by atoms with E-state index >= 15 is 0 Å². The lowest BCUT2D eigenvalue weighted by atomic mass is 9.46. The summed E-state index contributed by atoms with van der Waals surface area (Å²) < 4.78 is 6.48. The maximum absolute atomic E-state index is 13.0. The molecule has 0 unspecified atom stereocenters. The molecule has 3 fully saturated rings. The number of hydrogen-bond acceptors (Lipinski definition) is 3. The fourth-order valence-corrected chi connectivity index (χ4v) is 8.27. The fourth-order valence-electron chi connectivity index (χ4n) is 8.27. The van der Waals surface area contributed by atoms with Crippen molar-refractivity contribution in [1.29, 1.82) is 0 Å². The molecule has 0 aromatic carbocycles. The van der Waals surface area contributed by atoms with Crippen LogP contribution < -0.4 is 0 Å². The molecule has 0 radical (unpaired) electrons. The van der Waals surface area contributed by atoms with Gasteiger partial charge in [0.25, 0.3) is 0 Å². The Kier molecular flexibility index (Phi) is 6.21. The molecule has 7 atom stereocenters. The van der Waals surface area contributed by atoms with Gasteiger partial charge >= 0.3 is 5.97 Å². The molecule has 3 saturated carbocycles. The van der Waals surface area contributed by atoms with Crippen molar-refractivity contribution >= 4 is 11.8 Å². The number of unbranched alkanes of at least 4 members (excludes halogenated alkanes) is 3. The van der Waals surface area contributed by atoms with Gasteiger partial charge in [0.2, 0.25) is 0 Å². The minimum Gasteiger partial charge on any atom is -0.459 e. The molecule has 0 aromatic rings. The van der Waals surface area contributed by atoms with Crippen LogP contribution in [0, 0.1) is 35.0 Å². The van der Waals surface area contributed by atoms with Gasteiger partial charge in [0.15, 0.2) is 5.78 Å². The van der Waals surface area contributed by atoms with Crippen molar-refractivity contribution < 1.29 is 14.3 Å². The number of allylic oxidation sites excluding steroid dienone is 1. The maximum Gasteiger partial charge on any atom is 0.306 e. The summed E-state index contributed by atoms with van der Waals surface area (Å²) in [6.07, 6.45) is 14.5. The van der Waals surface area contributed by atoms with Crippen molar-refractivity contribution in [3.05, 3.63) is 11.6 Å². The number of ether oxygens (including phenoxy) is 1. The van der Waals surface area contributed by atoms with E-state index in [4.69, 9.17) is 4.74 Å². The van der Waals surface area contributed by atoms with Gasteiger partial charge in [-0.05, 0) is 80.6 Å². The second kappa shape index (κ2) is 8.43. The van der Waals surface area contributed by atoms with Crippen LogP contribution in [0.1, 0.15) is 105 Å². The summed E-state index contributed by atoms with van der Waals surface area (Å²) in [5.74, 6) is 3.01.